The lowest BCUT2D eigenvalue weighted by molar-refractivity contribution is -0.123. The van der Waals surface area contributed by atoms with E-state index in [4.69, 9.17) is 9.47 Å². The molecule has 0 heterocycles. The zero-order valence-corrected chi connectivity index (χ0v) is 9.27. The summed E-state index contributed by atoms with van der Waals surface area (Å²) in [6.45, 7) is 1.80. The van der Waals surface area contributed by atoms with Crippen LogP contribution in [0.4, 0.5) is 0 Å². The molecule has 0 saturated heterocycles. The fraction of sp³-hybridized carbons (Fsp3) is 0.417. The van der Waals surface area contributed by atoms with Crippen LogP contribution in [0, 0.1) is 5.92 Å². The number of methoxy groups -OCH3 is 2. The van der Waals surface area contributed by atoms with Gasteiger partial charge in [-0.25, -0.2) is 0 Å². The summed E-state index contributed by atoms with van der Waals surface area (Å²) < 4.78 is 10.1. The number of ketones is 1. The molecule has 1 rings (SSSR count). The minimum Gasteiger partial charge on any atom is -0.355 e. The zero-order valence-electron chi connectivity index (χ0n) is 9.27. The van der Waals surface area contributed by atoms with Gasteiger partial charge in [0.2, 0.25) is 0 Å². The maximum absolute atomic E-state index is 11.9. The molecule has 0 N–H and O–H groups in total. The Morgan fingerprint density at radius 3 is 2.13 bits per heavy atom. The largest absolute Gasteiger partial charge is 0.355 e. The summed E-state index contributed by atoms with van der Waals surface area (Å²) in [7, 11) is 3.06. The highest BCUT2D eigenvalue weighted by Crippen LogP contribution is 2.14. The SMILES string of the molecule is COC(OC)C(C)C(=O)c1ccccc1. The molecular formula is C12H16O3. The van der Waals surface area contributed by atoms with E-state index in [0.717, 1.165) is 0 Å². The van der Waals surface area contributed by atoms with Crippen molar-refractivity contribution < 1.29 is 14.3 Å². The Kier molecular flexibility index (Phi) is 4.46. The Hall–Kier alpha value is -1.19. The number of Topliss-reactive ketones (excluding diaryl/α,β-unsaturated/α-hetero) is 1. The third-order valence-electron chi connectivity index (χ3n) is 2.34. The summed E-state index contributed by atoms with van der Waals surface area (Å²) in [6, 6.07) is 9.15. The fourth-order valence-electron chi connectivity index (χ4n) is 1.49. The molecule has 1 unspecified atom stereocenters. The van der Waals surface area contributed by atoms with Crippen molar-refractivity contribution in [2.45, 2.75) is 13.2 Å². The van der Waals surface area contributed by atoms with Crippen molar-refractivity contribution in [2.24, 2.45) is 5.92 Å². The van der Waals surface area contributed by atoms with Crippen molar-refractivity contribution in [1.29, 1.82) is 0 Å². The van der Waals surface area contributed by atoms with Crippen molar-refractivity contribution in [3.63, 3.8) is 0 Å². The van der Waals surface area contributed by atoms with E-state index < -0.39 is 6.29 Å². The molecule has 0 aliphatic heterocycles. The van der Waals surface area contributed by atoms with Gasteiger partial charge in [0.1, 0.15) is 0 Å². The minimum atomic E-state index is -0.488. The van der Waals surface area contributed by atoms with Gasteiger partial charge in [-0.2, -0.15) is 0 Å². The molecule has 0 bridgehead atoms. The molecule has 1 aromatic rings. The molecule has 3 nitrogen and oxygen atoms in total. The number of hydrogen-bond donors (Lipinski definition) is 0. The van der Waals surface area contributed by atoms with Gasteiger partial charge in [-0.3, -0.25) is 4.79 Å². The number of rotatable bonds is 5. The van der Waals surface area contributed by atoms with Crippen LogP contribution in [0.5, 0.6) is 0 Å². The van der Waals surface area contributed by atoms with E-state index in [0.29, 0.717) is 5.56 Å². The molecule has 0 fully saturated rings. The fourth-order valence-corrected chi connectivity index (χ4v) is 1.49. The van der Waals surface area contributed by atoms with E-state index in [2.05, 4.69) is 0 Å². The number of carbonyl (C=O) groups is 1. The second kappa shape index (κ2) is 5.63. The van der Waals surface area contributed by atoms with Crippen molar-refractivity contribution >= 4 is 5.78 Å². The topological polar surface area (TPSA) is 35.5 Å². The Morgan fingerprint density at radius 1 is 1.13 bits per heavy atom. The summed E-state index contributed by atoms with van der Waals surface area (Å²) >= 11 is 0. The third kappa shape index (κ3) is 2.88. The second-order valence-corrected chi connectivity index (χ2v) is 3.36. The summed E-state index contributed by atoms with van der Waals surface area (Å²) in [6.07, 6.45) is -0.488. The molecule has 0 radical (unpaired) electrons. The van der Waals surface area contributed by atoms with E-state index in [1.165, 1.54) is 14.2 Å². The number of carbonyl (C=O) groups excluding carboxylic acids is 1. The van der Waals surface area contributed by atoms with E-state index in [-0.39, 0.29) is 11.7 Å². The normalized spacial score (nSPS) is 12.8. The highest BCUT2D eigenvalue weighted by Gasteiger charge is 2.24. The molecule has 0 spiro atoms. The van der Waals surface area contributed by atoms with Gasteiger partial charge in [0.15, 0.2) is 12.1 Å². The van der Waals surface area contributed by atoms with E-state index >= 15 is 0 Å². The first kappa shape index (κ1) is 11.9. The van der Waals surface area contributed by atoms with E-state index in [9.17, 15) is 4.79 Å². The molecule has 0 aromatic heterocycles. The summed E-state index contributed by atoms with van der Waals surface area (Å²) in [5.41, 5.74) is 0.684. The highest BCUT2D eigenvalue weighted by molar-refractivity contribution is 5.97. The van der Waals surface area contributed by atoms with Gasteiger partial charge in [-0.15, -0.1) is 0 Å². The van der Waals surface area contributed by atoms with Crippen LogP contribution < -0.4 is 0 Å². The van der Waals surface area contributed by atoms with Crippen LogP contribution in [0.1, 0.15) is 17.3 Å². The molecule has 0 aliphatic rings. The molecule has 1 atom stereocenters. The Labute approximate surface area is 90.0 Å². The smallest absolute Gasteiger partial charge is 0.170 e. The lowest BCUT2D eigenvalue weighted by Gasteiger charge is -2.19. The lowest BCUT2D eigenvalue weighted by Crippen LogP contribution is -2.29. The summed E-state index contributed by atoms with van der Waals surface area (Å²) in [4.78, 5) is 11.9. The lowest BCUT2D eigenvalue weighted by atomic mass is 9.99. The first-order valence-corrected chi connectivity index (χ1v) is 4.85. The van der Waals surface area contributed by atoms with Gasteiger partial charge in [-0.05, 0) is 0 Å². The van der Waals surface area contributed by atoms with E-state index in [1.54, 1.807) is 19.1 Å². The van der Waals surface area contributed by atoms with Crippen LogP contribution in [0.15, 0.2) is 30.3 Å². The standard InChI is InChI=1S/C12H16O3/c1-9(12(14-2)15-3)11(13)10-7-5-4-6-8-10/h4-9,12H,1-3H3. The molecule has 1 aromatic carbocycles. The van der Waals surface area contributed by atoms with Gasteiger partial charge in [0.05, 0.1) is 5.92 Å². The molecule has 0 saturated carbocycles. The number of benzene rings is 1. The maximum atomic E-state index is 11.9. The van der Waals surface area contributed by atoms with Crippen molar-refractivity contribution in [1.82, 2.24) is 0 Å². The average molecular weight is 208 g/mol. The summed E-state index contributed by atoms with van der Waals surface area (Å²) in [5.74, 6) is -0.272. The van der Waals surface area contributed by atoms with E-state index in [1.807, 2.05) is 18.2 Å². The van der Waals surface area contributed by atoms with Gasteiger partial charge >= 0.3 is 0 Å². The van der Waals surface area contributed by atoms with Crippen LogP contribution in [-0.4, -0.2) is 26.3 Å². The zero-order chi connectivity index (χ0) is 11.3. The molecule has 15 heavy (non-hydrogen) atoms. The number of ether oxygens (including phenoxy) is 2. The van der Waals surface area contributed by atoms with Crippen molar-refractivity contribution in [2.75, 3.05) is 14.2 Å². The Morgan fingerprint density at radius 2 is 1.67 bits per heavy atom. The maximum Gasteiger partial charge on any atom is 0.170 e. The van der Waals surface area contributed by atoms with Gasteiger partial charge in [0.25, 0.3) is 0 Å². The second-order valence-electron chi connectivity index (χ2n) is 3.36. The monoisotopic (exact) mass is 208 g/mol. The Bertz CT molecular complexity index is 304. The van der Waals surface area contributed by atoms with Crippen molar-refractivity contribution in [3.05, 3.63) is 35.9 Å². The third-order valence-corrected chi connectivity index (χ3v) is 2.34. The average Bonchev–Trinajstić information content (AvgIpc) is 2.30. The molecule has 0 aliphatic carbocycles. The number of hydrogen-bond acceptors (Lipinski definition) is 3. The quantitative estimate of drug-likeness (QED) is 0.549. The predicted molar refractivity (Wildman–Crippen MR) is 57.7 cm³/mol. The minimum absolute atomic E-state index is 0.0318. The summed E-state index contributed by atoms with van der Waals surface area (Å²) in [5, 5.41) is 0. The molecule has 82 valence electrons. The van der Waals surface area contributed by atoms with Crippen LogP contribution in [0.2, 0.25) is 0 Å². The first-order chi connectivity index (χ1) is 7.20. The van der Waals surface area contributed by atoms with Gasteiger partial charge in [-0.1, -0.05) is 37.3 Å². The van der Waals surface area contributed by atoms with Gasteiger partial charge < -0.3 is 9.47 Å². The Balaban J connectivity index is 2.77. The van der Waals surface area contributed by atoms with Crippen LogP contribution in [0.3, 0.4) is 0 Å². The van der Waals surface area contributed by atoms with Crippen LogP contribution in [0.25, 0.3) is 0 Å². The van der Waals surface area contributed by atoms with Gasteiger partial charge in [0, 0.05) is 19.8 Å². The highest BCUT2D eigenvalue weighted by atomic mass is 16.7. The molecule has 0 amide bonds. The molecular weight excluding hydrogens is 192 g/mol. The first-order valence-electron chi connectivity index (χ1n) is 4.85. The molecule has 3 heteroatoms. The predicted octanol–water partition coefficient (Wildman–Crippen LogP) is 2.12. The van der Waals surface area contributed by atoms with Crippen LogP contribution in [-0.2, 0) is 9.47 Å². The van der Waals surface area contributed by atoms with Crippen molar-refractivity contribution in [3.8, 4) is 0 Å². The van der Waals surface area contributed by atoms with Crippen LogP contribution >= 0.6 is 0 Å².